The van der Waals surface area contributed by atoms with Crippen molar-refractivity contribution in [1.82, 2.24) is 10.2 Å². The molecule has 1 saturated carbocycles. The second-order valence-electron chi connectivity index (χ2n) is 11.8. The van der Waals surface area contributed by atoms with Crippen molar-refractivity contribution in [2.24, 2.45) is 11.8 Å². The summed E-state index contributed by atoms with van der Waals surface area (Å²) in [7, 11) is 0. The number of unbranched alkanes of at least 4 members (excludes halogenated alkanes) is 12. The van der Waals surface area contributed by atoms with Crippen LogP contribution in [0.25, 0.3) is 0 Å². The van der Waals surface area contributed by atoms with Gasteiger partial charge in [-0.15, -0.1) is 0 Å². The Morgan fingerprint density at radius 1 is 0.905 bits per heavy atom. The SMILES string of the molecule is C=COC(=O)C1=C(C)NC(=O)N(C(=O)OCC)C1C1C(CCCCCCCCCCCCCCC)CCCC1OCC. The number of amides is 3. The Morgan fingerprint density at radius 3 is 2.05 bits per heavy atom. The number of hydrogen-bond acceptors (Lipinski definition) is 6. The molecule has 0 bridgehead atoms. The maximum absolute atomic E-state index is 13.2. The molecule has 42 heavy (non-hydrogen) atoms. The Bertz CT molecular complexity index is 870. The van der Waals surface area contributed by atoms with E-state index in [1.165, 1.54) is 70.6 Å². The van der Waals surface area contributed by atoms with E-state index in [1.54, 1.807) is 13.8 Å². The summed E-state index contributed by atoms with van der Waals surface area (Å²) in [4.78, 5) is 40.7. The van der Waals surface area contributed by atoms with Crippen LogP contribution in [0.3, 0.4) is 0 Å². The molecule has 0 radical (unpaired) electrons. The number of urea groups is 1. The van der Waals surface area contributed by atoms with Crippen molar-refractivity contribution >= 4 is 18.1 Å². The third-order valence-electron chi connectivity index (χ3n) is 8.83. The summed E-state index contributed by atoms with van der Waals surface area (Å²) in [5.41, 5.74) is 0.646. The molecule has 0 saturated heterocycles. The normalized spacial score (nSPS) is 22.6. The number of nitrogens with one attached hydrogen (secondary N) is 1. The van der Waals surface area contributed by atoms with Crippen molar-refractivity contribution in [2.75, 3.05) is 13.2 Å². The zero-order valence-electron chi connectivity index (χ0n) is 26.9. The summed E-state index contributed by atoms with van der Waals surface area (Å²) < 4.78 is 16.7. The quantitative estimate of drug-likeness (QED) is 0.0865. The van der Waals surface area contributed by atoms with Crippen LogP contribution in [-0.4, -0.2) is 48.4 Å². The Kier molecular flexibility index (Phi) is 17.5. The van der Waals surface area contributed by atoms with Gasteiger partial charge in [-0.05, 0) is 46.0 Å². The van der Waals surface area contributed by atoms with Gasteiger partial charge in [0, 0.05) is 18.2 Å². The largest absolute Gasteiger partial charge is 0.449 e. The second kappa shape index (κ2) is 20.5. The Morgan fingerprint density at radius 2 is 1.50 bits per heavy atom. The first-order chi connectivity index (χ1) is 20.4. The Hall–Kier alpha value is -2.35. The Labute approximate surface area is 255 Å². The molecule has 1 heterocycles. The van der Waals surface area contributed by atoms with E-state index >= 15 is 0 Å². The molecule has 1 aliphatic heterocycles. The molecule has 0 aromatic rings. The standard InChI is InChI=1S/C34H58N2O6/c1-6-10-11-12-13-14-15-16-17-18-19-20-21-23-27-24-22-25-28(40-7-2)30(27)31-29(32(37)41-8-3)26(5)35-33(38)36(31)34(39)42-9-4/h8,27-28,30-31H,3,6-7,9-25H2,1-2,4-5H3,(H,35,38). The molecule has 2 rings (SSSR count). The average molecular weight is 591 g/mol. The van der Waals surface area contributed by atoms with Crippen LogP contribution < -0.4 is 5.32 Å². The minimum atomic E-state index is -0.839. The number of hydrogen-bond donors (Lipinski definition) is 1. The van der Waals surface area contributed by atoms with E-state index in [9.17, 15) is 14.4 Å². The van der Waals surface area contributed by atoms with Gasteiger partial charge in [-0.1, -0.05) is 103 Å². The van der Waals surface area contributed by atoms with Crippen LogP contribution in [0.15, 0.2) is 24.1 Å². The molecule has 8 heteroatoms. The number of ether oxygens (including phenoxy) is 3. The van der Waals surface area contributed by atoms with Crippen molar-refractivity contribution < 1.29 is 28.6 Å². The lowest BCUT2D eigenvalue weighted by molar-refractivity contribution is -0.135. The summed E-state index contributed by atoms with van der Waals surface area (Å²) in [5, 5.41) is 2.67. The smallest absolute Gasteiger partial charge is 0.418 e. The molecule has 240 valence electrons. The monoisotopic (exact) mass is 590 g/mol. The summed E-state index contributed by atoms with van der Waals surface area (Å²) in [6.07, 6.45) is 20.8. The lowest BCUT2D eigenvalue weighted by Gasteiger charge is -2.47. The molecule has 0 spiro atoms. The average Bonchev–Trinajstić information content (AvgIpc) is 2.95. The number of esters is 1. The molecule has 0 aromatic carbocycles. The number of allylic oxidation sites excluding steroid dienone is 1. The number of nitrogens with zero attached hydrogens (tertiary/aromatic N) is 1. The van der Waals surface area contributed by atoms with Gasteiger partial charge in [0.05, 0.1) is 30.6 Å². The van der Waals surface area contributed by atoms with E-state index in [-0.39, 0.29) is 30.1 Å². The molecule has 4 atom stereocenters. The summed E-state index contributed by atoms with van der Waals surface area (Å²) in [6.45, 7) is 11.8. The second-order valence-corrected chi connectivity index (χ2v) is 11.8. The molecular weight excluding hydrogens is 532 g/mol. The number of carbonyl (C=O) groups is 3. The van der Waals surface area contributed by atoms with Gasteiger partial charge < -0.3 is 19.5 Å². The minimum absolute atomic E-state index is 0.117. The fourth-order valence-electron chi connectivity index (χ4n) is 6.83. The molecule has 1 aliphatic carbocycles. The molecule has 1 N–H and O–H groups in total. The highest BCUT2D eigenvalue weighted by atomic mass is 16.6. The van der Waals surface area contributed by atoms with Gasteiger partial charge in [0.2, 0.25) is 0 Å². The molecular formula is C34H58N2O6. The molecule has 4 unspecified atom stereocenters. The van der Waals surface area contributed by atoms with Crippen LogP contribution in [0.2, 0.25) is 0 Å². The molecule has 1 fully saturated rings. The van der Waals surface area contributed by atoms with E-state index in [1.807, 2.05) is 6.92 Å². The maximum Gasteiger partial charge on any atom is 0.418 e. The third-order valence-corrected chi connectivity index (χ3v) is 8.83. The van der Waals surface area contributed by atoms with E-state index in [0.29, 0.717) is 12.3 Å². The number of rotatable bonds is 20. The first-order valence-corrected chi connectivity index (χ1v) is 16.8. The lowest BCUT2D eigenvalue weighted by Crippen LogP contribution is -2.61. The van der Waals surface area contributed by atoms with Gasteiger partial charge in [-0.25, -0.2) is 19.3 Å². The van der Waals surface area contributed by atoms with Crippen molar-refractivity contribution in [2.45, 2.75) is 149 Å². The number of imide groups is 1. The highest BCUT2D eigenvalue weighted by molar-refractivity contribution is 6.00. The van der Waals surface area contributed by atoms with Gasteiger partial charge in [-0.3, -0.25) is 0 Å². The van der Waals surface area contributed by atoms with Gasteiger partial charge in [0.25, 0.3) is 0 Å². The van der Waals surface area contributed by atoms with Gasteiger partial charge in [-0.2, -0.15) is 0 Å². The highest BCUT2D eigenvalue weighted by Gasteiger charge is 2.51. The van der Waals surface area contributed by atoms with E-state index < -0.39 is 24.1 Å². The number of carbonyl (C=O) groups excluding carboxylic acids is 3. The van der Waals surface area contributed by atoms with E-state index in [2.05, 4.69) is 18.8 Å². The first kappa shape index (κ1) is 35.8. The van der Waals surface area contributed by atoms with Gasteiger partial charge >= 0.3 is 18.1 Å². The van der Waals surface area contributed by atoms with Crippen molar-refractivity contribution in [3.63, 3.8) is 0 Å². The molecule has 2 aliphatic rings. The fourth-order valence-corrected chi connectivity index (χ4v) is 6.83. The van der Waals surface area contributed by atoms with Crippen molar-refractivity contribution in [1.29, 1.82) is 0 Å². The van der Waals surface area contributed by atoms with Crippen LogP contribution in [-0.2, 0) is 19.0 Å². The van der Waals surface area contributed by atoms with Crippen LogP contribution in [0, 0.1) is 11.8 Å². The first-order valence-electron chi connectivity index (χ1n) is 16.8. The zero-order chi connectivity index (χ0) is 30.7. The van der Waals surface area contributed by atoms with Crippen LogP contribution in [0.1, 0.15) is 137 Å². The molecule has 8 nitrogen and oxygen atoms in total. The van der Waals surface area contributed by atoms with Crippen LogP contribution in [0.4, 0.5) is 9.59 Å². The lowest BCUT2D eigenvalue weighted by atomic mass is 9.68. The summed E-state index contributed by atoms with van der Waals surface area (Å²) >= 11 is 0. The Balaban J connectivity index is 2.08. The molecule has 0 aromatic heterocycles. The van der Waals surface area contributed by atoms with E-state index in [0.717, 1.165) is 49.7 Å². The van der Waals surface area contributed by atoms with E-state index in [4.69, 9.17) is 14.2 Å². The summed E-state index contributed by atoms with van der Waals surface area (Å²) in [5.74, 6) is -0.675. The third kappa shape index (κ3) is 11.1. The predicted octanol–water partition coefficient (Wildman–Crippen LogP) is 8.80. The topological polar surface area (TPSA) is 94.2 Å². The molecule has 3 amide bonds. The van der Waals surface area contributed by atoms with Crippen molar-refractivity contribution in [3.8, 4) is 0 Å². The van der Waals surface area contributed by atoms with Gasteiger partial charge in [0.15, 0.2) is 0 Å². The van der Waals surface area contributed by atoms with Crippen LogP contribution >= 0.6 is 0 Å². The minimum Gasteiger partial charge on any atom is -0.449 e. The van der Waals surface area contributed by atoms with Crippen molar-refractivity contribution in [3.05, 3.63) is 24.1 Å². The highest BCUT2D eigenvalue weighted by Crippen LogP contribution is 2.43. The zero-order valence-corrected chi connectivity index (χ0v) is 26.9. The van der Waals surface area contributed by atoms with Gasteiger partial charge in [0.1, 0.15) is 0 Å². The fraction of sp³-hybridized carbons (Fsp3) is 0.794. The van der Waals surface area contributed by atoms with Crippen LogP contribution in [0.5, 0.6) is 0 Å². The maximum atomic E-state index is 13.2. The summed E-state index contributed by atoms with van der Waals surface area (Å²) in [6, 6.07) is -1.43. The predicted molar refractivity (Wildman–Crippen MR) is 167 cm³/mol.